The molecule has 0 saturated heterocycles. The first-order valence-electron chi connectivity index (χ1n) is 7.64. The average Bonchev–Trinajstić information content (AvgIpc) is 2.78. The summed E-state index contributed by atoms with van der Waals surface area (Å²) in [5.74, 6) is 0. The van der Waals surface area contributed by atoms with Gasteiger partial charge in [-0.3, -0.25) is 0 Å². The Bertz CT molecular complexity index is 512. The highest BCUT2D eigenvalue weighted by molar-refractivity contribution is 5.75. The Morgan fingerprint density at radius 1 is 1.05 bits per heavy atom. The van der Waals surface area contributed by atoms with Crippen LogP contribution in [0.25, 0.3) is 0 Å². The van der Waals surface area contributed by atoms with E-state index in [0.29, 0.717) is 6.42 Å². The molecule has 1 aromatic rings. The third-order valence-electron chi connectivity index (χ3n) is 4.52. The van der Waals surface area contributed by atoms with Crippen LogP contribution in [0.15, 0.2) is 24.3 Å². The summed E-state index contributed by atoms with van der Waals surface area (Å²) < 4.78 is 0. The SMILES string of the molecule is O=C(NC1CCC(O)CC1)NC1c2ccccc2CC1O. The number of fused-ring (bicyclic) bond motifs is 1. The van der Waals surface area contributed by atoms with Crippen molar-refractivity contribution in [1.29, 1.82) is 0 Å². The molecule has 4 N–H and O–H groups in total. The summed E-state index contributed by atoms with van der Waals surface area (Å²) in [6, 6.07) is 7.34. The van der Waals surface area contributed by atoms with Gasteiger partial charge in [-0.15, -0.1) is 0 Å². The van der Waals surface area contributed by atoms with E-state index in [1.165, 1.54) is 0 Å². The van der Waals surface area contributed by atoms with Gasteiger partial charge in [0.25, 0.3) is 0 Å². The number of urea groups is 1. The maximum absolute atomic E-state index is 12.1. The van der Waals surface area contributed by atoms with Crippen molar-refractivity contribution < 1.29 is 15.0 Å². The first-order chi connectivity index (χ1) is 10.1. The highest BCUT2D eigenvalue weighted by Gasteiger charge is 2.32. The van der Waals surface area contributed by atoms with Crippen LogP contribution >= 0.6 is 0 Å². The normalized spacial score (nSPS) is 31.5. The minimum absolute atomic E-state index is 0.113. The van der Waals surface area contributed by atoms with Gasteiger partial charge in [0.15, 0.2) is 0 Å². The molecule has 1 aromatic carbocycles. The molecule has 2 aliphatic carbocycles. The van der Waals surface area contributed by atoms with Crippen LogP contribution in [0.5, 0.6) is 0 Å². The highest BCUT2D eigenvalue weighted by Crippen LogP contribution is 2.31. The van der Waals surface area contributed by atoms with E-state index in [4.69, 9.17) is 0 Å². The molecule has 2 atom stereocenters. The summed E-state index contributed by atoms with van der Waals surface area (Å²) in [4.78, 5) is 12.1. The lowest BCUT2D eigenvalue weighted by Gasteiger charge is -2.27. The minimum atomic E-state index is -0.568. The third-order valence-corrected chi connectivity index (χ3v) is 4.52. The van der Waals surface area contributed by atoms with Gasteiger partial charge in [-0.2, -0.15) is 0 Å². The zero-order chi connectivity index (χ0) is 14.8. The molecule has 0 radical (unpaired) electrons. The number of aliphatic hydroxyl groups is 2. The number of aliphatic hydroxyl groups excluding tert-OH is 2. The number of nitrogens with one attached hydrogen (secondary N) is 2. The zero-order valence-corrected chi connectivity index (χ0v) is 12.0. The molecule has 0 aliphatic heterocycles. The van der Waals surface area contributed by atoms with Gasteiger partial charge in [-0.05, 0) is 36.8 Å². The molecule has 0 heterocycles. The van der Waals surface area contributed by atoms with Crippen molar-refractivity contribution in [2.75, 3.05) is 0 Å². The molecular formula is C16H22N2O3. The van der Waals surface area contributed by atoms with Gasteiger partial charge in [0.2, 0.25) is 0 Å². The van der Waals surface area contributed by atoms with E-state index in [-0.39, 0.29) is 24.2 Å². The van der Waals surface area contributed by atoms with E-state index in [1.54, 1.807) is 0 Å². The summed E-state index contributed by atoms with van der Waals surface area (Å²) in [6.07, 6.45) is 2.86. The van der Waals surface area contributed by atoms with Crippen molar-refractivity contribution in [1.82, 2.24) is 10.6 Å². The maximum Gasteiger partial charge on any atom is 0.315 e. The summed E-state index contributed by atoms with van der Waals surface area (Å²) in [5.41, 5.74) is 2.09. The number of carbonyl (C=O) groups excluding carboxylic acids is 1. The van der Waals surface area contributed by atoms with Crippen molar-refractivity contribution in [3.63, 3.8) is 0 Å². The summed E-state index contributed by atoms with van der Waals surface area (Å²) in [6.45, 7) is 0. The quantitative estimate of drug-likeness (QED) is 0.661. The lowest BCUT2D eigenvalue weighted by Crippen LogP contribution is -2.46. The molecule has 5 heteroatoms. The Hall–Kier alpha value is -1.59. The van der Waals surface area contributed by atoms with E-state index >= 15 is 0 Å². The van der Waals surface area contributed by atoms with Crippen LogP contribution in [-0.4, -0.2) is 34.5 Å². The van der Waals surface area contributed by atoms with Crippen molar-refractivity contribution in [3.8, 4) is 0 Å². The van der Waals surface area contributed by atoms with Crippen LogP contribution in [0.3, 0.4) is 0 Å². The van der Waals surface area contributed by atoms with E-state index in [9.17, 15) is 15.0 Å². The first-order valence-corrected chi connectivity index (χ1v) is 7.64. The fourth-order valence-corrected chi connectivity index (χ4v) is 3.34. The van der Waals surface area contributed by atoms with Gasteiger partial charge in [0.05, 0.1) is 18.2 Å². The van der Waals surface area contributed by atoms with Gasteiger partial charge >= 0.3 is 6.03 Å². The van der Waals surface area contributed by atoms with Gasteiger partial charge in [0, 0.05) is 12.5 Å². The van der Waals surface area contributed by atoms with Crippen molar-refractivity contribution in [2.45, 2.75) is 56.4 Å². The molecule has 2 amide bonds. The fourth-order valence-electron chi connectivity index (χ4n) is 3.34. The van der Waals surface area contributed by atoms with Crippen molar-refractivity contribution >= 4 is 6.03 Å². The van der Waals surface area contributed by atoms with Crippen LogP contribution < -0.4 is 10.6 Å². The predicted molar refractivity (Wildman–Crippen MR) is 78.8 cm³/mol. The second-order valence-corrected chi connectivity index (χ2v) is 6.07. The molecule has 3 rings (SSSR count). The molecule has 1 saturated carbocycles. The van der Waals surface area contributed by atoms with Crippen LogP contribution in [0, 0.1) is 0 Å². The lowest BCUT2D eigenvalue weighted by atomic mass is 9.93. The Morgan fingerprint density at radius 2 is 1.76 bits per heavy atom. The van der Waals surface area contributed by atoms with Crippen LogP contribution in [0.4, 0.5) is 4.79 Å². The van der Waals surface area contributed by atoms with E-state index in [2.05, 4.69) is 10.6 Å². The maximum atomic E-state index is 12.1. The predicted octanol–water partition coefficient (Wildman–Crippen LogP) is 1.25. The number of carbonyl (C=O) groups is 1. The van der Waals surface area contributed by atoms with Gasteiger partial charge < -0.3 is 20.8 Å². The fraction of sp³-hybridized carbons (Fsp3) is 0.562. The lowest BCUT2D eigenvalue weighted by molar-refractivity contribution is 0.116. The minimum Gasteiger partial charge on any atom is -0.393 e. The number of hydrogen-bond donors (Lipinski definition) is 4. The molecule has 0 bridgehead atoms. The van der Waals surface area contributed by atoms with Crippen LogP contribution in [0.2, 0.25) is 0 Å². The summed E-state index contributed by atoms with van der Waals surface area (Å²) in [7, 11) is 0. The molecule has 21 heavy (non-hydrogen) atoms. The molecule has 2 unspecified atom stereocenters. The molecule has 1 fully saturated rings. The zero-order valence-electron chi connectivity index (χ0n) is 12.0. The van der Waals surface area contributed by atoms with Crippen LogP contribution in [0.1, 0.15) is 42.9 Å². The molecular weight excluding hydrogens is 268 g/mol. The Labute approximate surface area is 124 Å². The number of hydrogen-bond acceptors (Lipinski definition) is 3. The molecule has 5 nitrogen and oxygen atoms in total. The summed E-state index contributed by atoms with van der Waals surface area (Å²) >= 11 is 0. The second kappa shape index (κ2) is 6.03. The molecule has 114 valence electrons. The molecule has 0 spiro atoms. The Morgan fingerprint density at radius 3 is 2.52 bits per heavy atom. The first kappa shape index (κ1) is 14.4. The topological polar surface area (TPSA) is 81.6 Å². The highest BCUT2D eigenvalue weighted by atomic mass is 16.3. The number of rotatable bonds is 2. The van der Waals surface area contributed by atoms with E-state index < -0.39 is 6.10 Å². The number of benzene rings is 1. The molecule has 2 aliphatic rings. The van der Waals surface area contributed by atoms with E-state index in [1.807, 2.05) is 24.3 Å². The number of amides is 2. The van der Waals surface area contributed by atoms with E-state index in [0.717, 1.165) is 36.8 Å². The molecule has 0 aromatic heterocycles. The van der Waals surface area contributed by atoms with Gasteiger partial charge in [-0.25, -0.2) is 4.79 Å². The third kappa shape index (κ3) is 3.19. The Kier molecular flexibility index (Phi) is 4.12. The monoisotopic (exact) mass is 290 g/mol. The standard InChI is InChI=1S/C16H22N2O3/c19-12-7-5-11(6-8-12)17-16(21)18-15-13-4-2-1-3-10(13)9-14(15)20/h1-4,11-12,14-15,19-20H,5-9H2,(H2,17,18,21). The second-order valence-electron chi connectivity index (χ2n) is 6.07. The Balaban J connectivity index is 1.58. The van der Waals surface area contributed by atoms with Gasteiger partial charge in [-0.1, -0.05) is 24.3 Å². The smallest absolute Gasteiger partial charge is 0.315 e. The van der Waals surface area contributed by atoms with Crippen molar-refractivity contribution in [3.05, 3.63) is 35.4 Å². The van der Waals surface area contributed by atoms with Crippen molar-refractivity contribution in [2.24, 2.45) is 0 Å². The van der Waals surface area contributed by atoms with Crippen LogP contribution in [-0.2, 0) is 6.42 Å². The summed E-state index contributed by atoms with van der Waals surface area (Å²) in [5, 5.41) is 25.4. The average molecular weight is 290 g/mol. The van der Waals surface area contributed by atoms with Gasteiger partial charge in [0.1, 0.15) is 0 Å². The largest absolute Gasteiger partial charge is 0.393 e.